The lowest BCUT2D eigenvalue weighted by Gasteiger charge is -2.21. The lowest BCUT2D eigenvalue weighted by molar-refractivity contribution is -0.0583. The Morgan fingerprint density at radius 3 is 2.61 bits per heavy atom. The first kappa shape index (κ1) is 15.9. The first-order valence-corrected chi connectivity index (χ1v) is 7.00. The number of anilines is 1. The molecular formula is C13H19N5O5. The van der Waals surface area contributed by atoms with E-state index in [1.165, 1.54) is 7.11 Å². The fourth-order valence-corrected chi connectivity index (χ4v) is 2.85. The molecule has 10 heteroatoms. The molecule has 0 spiro atoms. The van der Waals surface area contributed by atoms with Gasteiger partial charge in [0.2, 0.25) is 11.8 Å². The van der Waals surface area contributed by atoms with Crippen LogP contribution in [0, 0.1) is 0 Å². The van der Waals surface area contributed by atoms with E-state index in [2.05, 4.69) is 15.0 Å². The molecule has 3 N–H and O–H groups in total. The van der Waals surface area contributed by atoms with E-state index in [0.29, 0.717) is 11.2 Å². The number of hydrogen-bond donors (Lipinski definition) is 2. The largest absolute Gasteiger partial charge is 0.479 e. The normalized spacial score (nSPS) is 27.7. The fraction of sp³-hybridized carbons (Fsp3) is 0.615. The highest BCUT2D eigenvalue weighted by Crippen LogP contribution is 2.35. The average molecular weight is 325 g/mol. The number of imidazole rings is 1. The lowest BCUT2D eigenvalue weighted by Crippen LogP contribution is -2.36. The van der Waals surface area contributed by atoms with E-state index < -0.39 is 24.5 Å². The molecule has 10 nitrogen and oxygen atoms in total. The summed E-state index contributed by atoms with van der Waals surface area (Å²) in [5.41, 5.74) is 6.63. The predicted octanol–water partition coefficient (Wildman–Crippen LogP) is -0.663. The van der Waals surface area contributed by atoms with Gasteiger partial charge in [-0.05, 0) is 0 Å². The smallest absolute Gasteiger partial charge is 0.246 e. The number of hydrogen-bond acceptors (Lipinski definition) is 9. The molecular weight excluding hydrogens is 306 g/mol. The standard InChI is InChI=1S/C13H19N5O5/c1-20-8-6(4-19)23-12(9(8)21-2)18-5-15-7-10(18)16-13(14)17-11(7)22-3/h5-6,8-9,12,19H,4H2,1-3H3,(H2,14,16,17). The summed E-state index contributed by atoms with van der Waals surface area (Å²) in [5, 5.41) is 9.48. The SMILES string of the molecule is COc1nc(N)nc2c1ncn2C1OC(CO)C(OC)C1OC. The number of nitrogens with zero attached hydrogens (tertiary/aromatic N) is 4. The van der Waals surface area contributed by atoms with Crippen molar-refractivity contribution in [2.24, 2.45) is 0 Å². The lowest BCUT2D eigenvalue weighted by atomic mass is 10.1. The third-order valence-corrected chi connectivity index (χ3v) is 3.88. The van der Waals surface area contributed by atoms with E-state index >= 15 is 0 Å². The van der Waals surface area contributed by atoms with E-state index in [1.807, 2.05) is 0 Å². The molecule has 1 fully saturated rings. The van der Waals surface area contributed by atoms with Crippen LogP contribution >= 0.6 is 0 Å². The predicted molar refractivity (Wildman–Crippen MR) is 78.9 cm³/mol. The maximum absolute atomic E-state index is 9.48. The summed E-state index contributed by atoms with van der Waals surface area (Å²) in [4.78, 5) is 12.5. The van der Waals surface area contributed by atoms with Gasteiger partial charge in [0.15, 0.2) is 17.4 Å². The summed E-state index contributed by atoms with van der Waals surface area (Å²) in [6, 6.07) is 0. The van der Waals surface area contributed by atoms with E-state index in [-0.39, 0.29) is 18.4 Å². The molecule has 3 heterocycles. The van der Waals surface area contributed by atoms with Crippen molar-refractivity contribution in [2.45, 2.75) is 24.5 Å². The molecule has 0 radical (unpaired) electrons. The molecule has 0 amide bonds. The minimum absolute atomic E-state index is 0.0602. The van der Waals surface area contributed by atoms with Crippen LogP contribution < -0.4 is 10.5 Å². The summed E-state index contributed by atoms with van der Waals surface area (Å²) >= 11 is 0. The molecule has 1 aliphatic heterocycles. The van der Waals surface area contributed by atoms with Gasteiger partial charge in [-0.2, -0.15) is 9.97 Å². The van der Waals surface area contributed by atoms with E-state index in [0.717, 1.165) is 0 Å². The number of nitrogens with two attached hydrogens (primary N) is 1. The van der Waals surface area contributed by atoms with Crippen molar-refractivity contribution in [1.82, 2.24) is 19.5 Å². The molecule has 0 aromatic carbocycles. The monoisotopic (exact) mass is 325 g/mol. The Bertz CT molecular complexity index is 693. The molecule has 2 aromatic heterocycles. The Balaban J connectivity index is 2.07. The van der Waals surface area contributed by atoms with Crippen molar-refractivity contribution in [2.75, 3.05) is 33.7 Å². The van der Waals surface area contributed by atoms with Crippen LogP contribution in [0.5, 0.6) is 5.88 Å². The number of nitrogen functional groups attached to an aromatic ring is 1. The van der Waals surface area contributed by atoms with Gasteiger partial charge in [0.1, 0.15) is 18.3 Å². The number of methoxy groups -OCH3 is 3. The van der Waals surface area contributed by atoms with Gasteiger partial charge in [0.25, 0.3) is 0 Å². The summed E-state index contributed by atoms with van der Waals surface area (Å²) in [6.45, 7) is -0.193. The van der Waals surface area contributed by atoms with Gasteiger partial charge in [-0.15, -0.1) is 0 Å². The highest BCUT2D eigenvalue weighted by molar-refractivity contribution is 5.77. The van der Waals surface area contributed by atoms with Crippen molar-refractivity contribution in [1.29, 1.82) is 0 Å². The van der Waals surface area contributed by atoms with Gasteiger partial charge >= 0.3 is 0 Å². The van der Waals surface area contributed by atoms with Gasteiger partial charge in [-0.25, -0.2) is 4.98 Å². The zero-order valence-corrected chi connectivity index (χ0v) is 13.0. The zero-order valence-electron chi connectivity index (χ0n) is 13.0. The quantitative estimate of drug-likeness (QED) is 0.736. The van der Waals surface area contributed by atoms with E-state index in [1.54, 1.807) is 25.1 Å². The van der Waals surface area contributed by atoms with Crippen LogP contribution in [0.2, 0.25) is 0 Å². The summed E-state index contributed by atoms with van der Waals surface area (Å²) in [5.74, 6) is 0.338. The third-order valence-electron chi connectivity index (χ3n) is 3.88. The van der Waals surface area contributed by atoms with Gasteiger partial charge in [-0.1, -0.05) is 0 Å². The van der Waals surface area contributed by atoms with Gasteiger partial charge in [-0.3, -0.25) is 4.57 Å². The maximum Gasteiger partial charge on any atom is 0.246 e. The molecule has 2 aromatic rings. The summed E-state index contributed by atoms with van der Waals surface area (Å²) in [6.07, 6.45) is -0.422. The van der Waals surface area contributed by atoms with Gasteiger partial charge in [0, 0.05) is 14.2 Å². The summed E-state index contributed by atoms with van der Waals surface area (Å²) < 4.78 is 23.6. The first-order valence-electron chi connectivity index (χ1n) is 7.00. The second-order valence-electron chi connectivity index (χ2n) is 5.06. The van der Waals surface area contributed by atoms with Crippen LogP contribution in [0.3, 0.4) is 0 Å². The third kappa shape index (κ3) is 2.49. The van der Waals surface area contributed by atoms with E-state index in [4.69, 9.17) is 24.7 Å². The average Bonchev–Trinajstić information content (AvgIpc) is 3.13. The molecule has 1 aliphatic rings. The molecule has 1 saturated heterocycles. The van der Waals surface area contributed by atoms with Crippen LogP contribution in [0.15, 0.2) is 6.33 Å². The Kier molecular flexibility index (Phi) is 4.31. The van der Waals surface area contributed by atoms with E-state index in [9.17, 15) is 5.11 Å². The van der Waals surface area contributed by atoms with Gasteiger partial charge in [0.05, 0.1) is 20.0 Å². The van der Waals surface area contributed by atoms with Crippen molar-refractivity contribution in [3.05, 3.63) is 6.33 Å². The van der Waals surface area contributed by atoms with Crippen molar-refractivity contribution >= 4 is 17.1 Å². The maximum atomic E-state index is 9.48. The second kappa shape index (κ2) is 6.24. The molecule has 0 saturated carbocycles. The number of aliphatic hydroxyl groups is 1. The minimum atomic E-state index is -0.578. The van der Waals surface area contributed by atoms with Crippen LogP contribution in [0.4, 0.5) is 5.95 Å². The van der Waals surface area contributed by atoms with Crippen LogP contribution in [-0.4, -0.2) is 70.9 Å². The van der Waals surface area contributed by atoms with Crippen LogP contribution in [0.25, 0.3) is 11.2 Å². The highest BCUT2D eigenvalue weighted by Gasteiger charge is 2.46. The number of aliphatic hydroxyl groups excluding tert-OH is 1. The summed E-state index contributed by atoms with van der Waals surface area (Å²) in [7, 11) is 4.57. The fourth-order valence-electron chi connectivity index (χ4n) is 2.85. The minimum Gasteiger partial charge on any atom is -0.479 e. The van der Waals surface area contributed by atoms with Crippen LogP contribution in [-0.2, 0) is 14.2 Å². The Morgan fingerprint density at radius 2 is 2.00 bits per heavy atom. The van der Waals surface area contributed by atoms with Crippen molar-refractivity contribution in [3.63, 3.8) is 0 Å². The molecule has 0 bridgehead atoms. The molecule has 3 rings (SSSR count). The Hall–Kier alpha value is -2.01. The molecule has 4 atom stereocenters. The van der Waals surface area contributed by atoms with Crippen LogP contribution in [0.1, 0.15) is 6.23 Å². The molecule has 23 heavy (non-hydrogen) atoms. The molecule has 4 unspecified atom stereocenters. The van der Waals surface area contributed by atoms with Gasteiger partial charge < -0.3 is 29.8 Å². The highest BCUT2D eigenvalue weighted by atomic mass is 16.6. The Labute approximate surface area is 132 Å². The number of rotatable bonds is 5. The van der Waals surface area contributed by atoms with Crippen molar-refractivity contribution in [3.8, 4) is 5.88 Å². The molecule has 126 valence electrons. The number of aromatic nitrogens is 4. The van der Waals surface area contributed by atoms with Crippen molar-refractivity contribution < 1.29 is 24.1 Å². The molecule has 0 aliphatic carbocycles. The second-order valence-corrected chi connectivity index (χ2v) is 5.06. The number of ether oxygens (including phenoxy) is 4. The number of fused-ring (bicyclic) bond motifs is 1. The topological polar surface area (TPSA) is 127 Å². The zero-order chi connectivity index (χ0) is 16.6. The first-order chi connectivity index (χ1) is 11.1. The Morgan fingerprint density at radius 1 is 1.26 bits per heavy atom.